The van der Waals surface area contributed by atoms with Gasteiger partial charge in [0.2, 0.25) is 11.5 Å². The Morgan fingerprint density at radius 2 is 1.42 bits per heavy atom. The van der Waals surface area contributed by atoms with E-state index in [4.69, 9.17) is 10.2 Å². The molecule has 0 atom stereocenters. The Bertz CT molecular complexity index is 274. The molecule has 5 nitrogen and oxygen atoms in total. The summed E-state index contributed by atoms with van der Waals surface area (Å²) in [6.07, 6.45) is 0. The predicted molar refractivity (Wildman–Crippen MR) is 39.8 cm³/mol. The Morgan fingerprint density at radius 1 is 1.08 bits per heavy atom. The van der Waals surface area contributed by atoms with E-state index in [9.17, 15) is 9.59 Å². The van der Waals surface area contributed by atoms with Gasteiger partial charge in [-0.05, 0) is 12.1 Å². The van der Waals surface area contributed by atoms with Crippen molar-refractivity contribution in [1.29, 1.82) is 0 Å². The summed E-state index contributed by atoms with van der Waals surface area (Å²) >= 11 is 0. The fourth-order valence-corrected chi connectivity index (χ4v) is 0.568. The maximum absolute atomic E-state index is 10.2. The van der Waals surface area contributed by atoms with E-state index < -0.39 is 11.9 Å². The van der Waals surface area contributed by atoms with Crippen LogP contribution in [0, 0.1) is 0 Å². The van der Waals surface area contributed by atoms with Crippen LogP contribution in [0.15, 0.2) is 16.5 Å². The van der Waals surface area contributed by atoms with Crippen molar-refractivity contribution in [3.05, 3.63) is 23.7 Å². The Kier molecular flexibility index (Phi) is 4.02. The normalized spacial score (nSPS) is 8.67. The van der Waals surface area contributed by atoms with Crippen molar-refractivity contribution in [3.8, 4) is 0 Å². The van der Waals surface area contributed by atoms with Gasteiger partial charge in [0.1, 0.15) is 0 Å². The summed E-state index contributed by atoms with van der Waals surface area (Å²) in [5.41, 5.74) is 0. The van der Waals surface area contributed by atoms with Crippen LogP contribution in [0.3, 0.4) is 0 Å². The van der Waals surface area contributed by atoms with Crippen LogP contribution in [0.5, 0.6) is 0 Å². The molecule has 0 fully saturated rings. The van der Waals surface area contributed by atoms with Crippen LogP contribution in [-0.2, 0) is 0 Å². The van der Waals surface area contributed by atoms with Gasteiger partial charge in [-0.2, -0.15) is 0 Å². The first-order valence-electron chi connectivity index (χ1n) is 2.67. The van der Waals surface area contributed by atoms with Crippen LogP contribution in [-0.4, -0.2) is 51.7 Å². The molecule has 0 saturated carbocycles. The molecule has 0 aliphatic rings. The van der Waals surface area contributed by atoms with Gasteiger partial charge in [-0.15, -0.1) is 0 Å². The molecule has 0 spiro atoms. The molecule has 0 unspecified atom stereocenters. The number of rotatable bonds is 2. The average Bonchev–Trinajstić information content (AvgIpc) is 2.33. The fraction of sp³-hybridized carbons (Fsp3) is 0. The van der Waals surface area contributed by atoms with E-state index in [-0.39, 0.29) is 41.1 Å². The van der Waals surface area contributed by atoms with Gasteiger partial charge in [-0.1, -0.05) is 0 Å². The third-order valence-electron chi connectivity index (χ3n) is 1.03. The molecule has 0 radical (unpaired) electrons. The van der Waals surface area contributed by atoms with E-state index in [1.54, 1.807) is 0 Å². The molecule has 0 aliphatic carbocycles. The number of hydrogen-bond donors (Lipinski definition) is 2. The Morgan fingerprint density at radius 3 is 1.58 bits per heavy atom. The molecular weight excluding hydrogens is 175 g/mol. The molecule has 6 heteroatoms. The van der Waals surface area contributed by atoms with Crippen LogP contribution >= 0.6 is 0 Å². The predicted octanol–water partition coefficient (Wildman–Crippen LogP) is 0.0275. The van der Waals surface area contributed by atoms with Gasteiger partial charge in [0.25, 0.3) is 0 Å². The summed E-state index contributed by atoms with van der Waals surface area (Å²) in [6.45, 7) is 0. The van der Waals surface area contributed by atoms with Gasteiger partial charge in [0.05, 0.1) is 0 Å². The second kappa shape index (κ2) is 4.30. The first-order chi connectivity index (χ1) is 5.11. The fourth-order valence-electron chi connectivity index (χ4n) is 0.568. The van der Waals surface area contributed by atoms with Crippen LogP contribution in [0.25, 0.3) is 0 Å². The van der Waals surface area contributed by atoms with E-state index in [0.29, 0.717) is 0 Å². The van der Waals surface area contributed by atoms with E-state index in [1.807, 2.05) is 0 Å². The number of carbonyl (C=O) groups is 2. The molecule has 0 saturated heterocycles. The molecule has 1 aromatic heterocycles. The molecule has 0 bridgehead atoms. The monoisotopic (exact) mass is 180 g/mol. The van der Waals surface area contributed by atoms with Gasteiger partial charge in [-0.25, -0.2) is 9.59 Å². The summed E-state index contributed by atoms with van der Waals surface area (Å²) in [5, 5.41) is 16.6. The first-order valence-corrected chi connectivity index (χ1v) is 2.67. The zero-order valence-corrected chi connectivity index (χ0v) is 5.27. The quantitative estimate of drug-likeness (QED) is 0.626. The third kappa shape index (κ3) is 2.37. The van der Waals surface area contributed by atoms with E-state index >= 15 is 0 Å². The second-order valence-corrected chi connectivity index (χ2v) is 1.77. The van der Waals surface area contributed by atoms with Crippen molar-refractivity contribution in [2.45, 2.75) is 0 Å². The number of aromatic carboxylic acids is 2. The minimum absolute atomic E-state index is 0. The van der Waals surface area contributed by atoms with E-state index in [0.717, 1.165) is 12.1 Å². The summed E-state index contributed by atoms with van der Waals surface area (Å²) in [4.78, 5) is 20.3. The zero-order chi connectivity index (χ0) is 8.43. The molecule has 1 heterocycles. The van der Waals surface area contributed by atoms with E-state index in [1.165, 1.54) is 0 Å². The number of carboxylic acid groups (broad SMARTS) is 2. The molecule has 12 heavy (non-hydrogen) atoms. The number of carboxylic acids is 2. The van der Waals surface area contributed by atoms with Crippen molar-refractivity contribution in [1.82, 2.24) is 0 Å². The van der Waals surface area contributed by atoms with E-state index in [2.05, 4.69) is 4.42 Å². The molecule has 0 aliphatic heterocycles. The minimum atomic E-state index is -1.28. The van der Waals surface area contributed by atoms with Crippen molar-refractivity contribution >= 4 is 41.5 Å². The number of hydrogen-bond acceptors (Lipinski definition) is 3. The standard InChI is InChI=1S/C6H4O5.Na.H/c7-5(8)3-1-2-4(11-3)6(9)10;;/h1-2H,(H,7,8)(H,9,10);;. The summed E-state index contributed by atoms with van der Waals surface area (Å²) < 4.78 is 4.41. The van der Waals surface area contributed by atoms with Gasteiger partial charge in [0.15, 0.2) is 0 Å². The van der Waals surface area contributed by atoms with Gasteiger partial charge < -0.3 is 14.6 Å². The molecule has 60 valence electrons. The topological polar surface area (TPSA) is 87.7 Å². The summed E-state index contributed by atoms with van der Waals surface area (Å²) in [7, 11) is 0. The van der Waals surface area contributed by atoms with Gasteiger partial charge in [0, 0.05) is 0 Å². The SMILES string of the molecule is O=C(O)c1ccc(C(=O)O)o1.[NaH]. The van der Waals surface area contributed by atoms with Crippen LogP contribution in [0.1, 0.15) is 21.1 Å². The molecule has 1 aromatic rings. The second-order valence-electron chi connectivity index (χ2n) is 1.77. The molecule has 1 rings (SSSR count). The van der Waals surface area contributed by atoms with Crippen molar-refractivity contribution in [2.24, 2.45) is 0 Å². The number of furan rings is 1. The van der Waals surface area contributed by atoms with Crippen LogP contribution in [0.4, 0.5) is 0 Å². The van der Waals surface area contributed by atoms with Crippen LogP contribution < -0.4 is 0 Å². The van der Waals surface area contributed by atoms with Gasteiger partial charge in [-0.3, -0.25) is 0 Å². The average molecular weight is 180 g/mol. The molecular formula is C6H5NaO5. The van der Waals surface area contributed by atoms with Crippen molar-refractivity contribution in [2.75, 3.05) is 0 Å². The molecule has 0 aromatic carbocycles. The maximum atomic E-state index is 10.2. The summed E-state index contributed by atoms with van der Waals surface area (Å²) in [6, 6.07) is 2.18. The van der Waals surface area contributed by atoms with Gasteiger partial charge >= 0.3 is 41.5 Å². The van der Waals surface area contributed by atoms with Crippen LogP contribution in [0.2, 0.25) is 0 Å². The van der Waals surface area contributed by atoms with Crippen molar-refractivity contribution < 1.29 is 24.2 Å². The Hall–Kier alpha value is -0.780. The first kappa shape index (κ1) is 11.2. The Labute approximate surface area is 89.3 Å². The Balaban J connectivity index is 0.00000121. The van der Waals surface area contributed by atoms with Crippen molar-refractivity contribution in [3.63, 3.8) is 0 Å². The molecule has 0 amide bonds. The molecule has 2 N–H and O–H groups in total. The summed E-state index contributed by atoms with van der Waals surface area (Å²) in [5.74, 6) is -3.31. The zero-order valence-electron chi connectivity index (χ0n) is 5.27. The third-order valence-corrected chi connectivity index (χ3v) is 1.03.